The third kappa shape index (κ3) is 4.83. The quantitative estimate of drug-likeness (QED) is 0.777. The lowest BCUT2D eigenvalue weighted by Crippen LogP contribution is -2.24. The second-order valence-electron chi connectivity index (χ2n) is 7.46. The molecule has 0 aliphatic carbocycles. The van der Waals surface area contributed by atoms with E-state index in [1.54, 1.807) is 6.20 Å². The first kappa shape index (κ1) is 20.2. The second-order valence-corrected chi connectivity index (χ2v) is 7.46. The van der Waals surface area contributed by atoms with Crippen LogP contribution >= 0.6 is 0 Å². The Morgan fingerprint density at radius 2 is 1.79 bits per heavy atom. The number of hydrogen-bond acceptors (Lipinski definition) is 4. The fraction of sp³-hybridized carbons (Fsp3) is 0.478. The molecule has 1 fully saturated rings. The number of nitrogens with zero attached hydrogens (tertiary/aromatic N) is 3. The van der Waals surface area contributed by atoms with Gasteiger partial charge in [0.05, 0.1) is 17.4 Å². The van der Waals surface area contributed by atoms with Gasteiger partial charge in [0.1, 0.15) is 0 Å². The average Bonchev–Trinajstić information content (AvgIpc) is 3.00. The van der Waals surface area contributed by atoms with Gasteiger partial charge >= 0.3 is 0 Å². The summed E-state index contributed by atoms with van der Waals surface area (Å²) in [7, 11) is 0. The Bertz CT molecular complexity index is 793. The Morgan fingerprint density at radius 1 is 1.07 bits per heavy atom. The van der Waals surface area contributed by atoms with Crippen molar-refractivity contribution in [3.8, 4) is 0 Å². The summed E-state index contributed by atoms with van der Waals surface area (Å²) in [5, 5.41) is 3.06. The molecule has 150 valence electrons. The molecule has 1 N–H and O–H groups in total. The van der Waals surface area contributed by atoms with E-state index in [9.17, 15) is 4.79 Å². The molecule has 1 aromatic carbocycles. The van der Waals surface area contributed by atoms with E-state index >= 15 is 0 Å². The van der Waals surface area contributed by atoms with Crippen LogP contribution in [0.1, 0.15) is 55.5 Å². The van der Waals surface area contributed by atoms with E-state index in [-0.39, 0.29) is 5.91 Å². The van der Waals surface area contributed by atoms with Crippen LogP contribution in [0.5, 0.6) is 0 Å². The lowest BCUT2D eigenvalue weighted by molar-refractivity contribution is 0.102. The smallest absolute Gasteiger partial charge is 0.257 e. The highest BCUT2D eigenvalue weighted by Crippen LogP contribution is 2.24. The number of aromatic nitrogens is 1. The highest BCUT2D eigenvalue weighted by Gasteiger charge is 2.14. The minimum absolute atomic E-state index is 0.108. The molecule has 5 heteroatoms. The molecular weight excluding hydrogens is 348 g/mol. The van der Waals surface area contributed by atoms with E-state index in [1.807, 2.05) is 25.3 Å². The summed E-state index contributed by atoms with van der Waals surface area (Å²) in [6.07, 6.45) is 8.49. The van der Waals surface area contributed by atoms with E-state index in [0.717, 1.165) is 43.1 Å². The van der Waals surface area contributed by atoms with Gasteiger partial charge < -0.3 is 15.1 Å². The maximum Gasteiger partial charge on any atom is 0.257 e. The third-order valence-electron chi connectivity index (χ3n) is 5.54. The molecule has 2 aromatic rings. The topological polar surface area (TPSA) is 48.5 Å². The molecule has 1 saturated heterocycles. The number of carbonyl (C=O) groups excluding carboxylic acids is 1. The molecule has 28 heavy (non-hydrogen) atoms. The van der Waals surface area contributed by atoms with Crippen molar-refractivity contribution in [1.82, 2.24) is 4.98 Å². The van der Waals surface area contributed by atoms with Crippen molar-refractivity contribution in [1.29, 1.82) is 0 Å². The summed E-state index contributed by atoms with van der Waals surface area (Å²) >= 11 is 0. The highest BCUT2D eigenvalue weighted by molar-refractivity contribution is 6.05. The van der Waals surface area contributed by atoms with Gasteiger partial charge in [-0.1, -0.05) is 12.8 Å². The van der Waals surface area contributed by atoms with E-state index in [4.69, 9.17) is 0 Å². The van der Waals surface area contributed by atoms with Gasteiger partial charge in [0, 0.05) is 43.8 Å². The molecule has 5 nitrogen and oxygen atoms in total. The van der Waals surface area contributed by atoms with Crippen LogP contribution in [-0.4, -0.2) is 37.1 Å². The van der Waals surface area contributed by atoms with Gasteiger partial charge in [0.25, 0.3) is 5.91 Å². The number of nitrogens with one attached hydrogen (secondary N) is 1. The van der Waals surface area contributed by atoms with Gasteiger partial charge in [0.15, 0.2) is 0 Å². The summed E-state index contributed by atoms with van der Waals surface area (Å²) in [6, 6.07) is 8.16. The molecule has 0 bridgehead atoms. The third-order valence-corrected chi connectivity index (χ3v) is 5.54. The van der Waals surface area contributed by atoms with Crippen molar-refractivity contribution < 1.29 is 4.79 Å². The minimum Gasteiger partial charge on any atom is -0.372 e. The molecule has 0 spiro atoms. The number of amides is 1. The van der Waals surface area contributed by atoms with Gasteiger partial charge in [-0.3, -0.25) is 9.78 Å². The molecule has 1 amide bonds. The molecule has 1 aromatic heterocycles. The number of pyridine rings is 1. The van der Waals surface area contributed by atoms with Crippen LogP contribution in [0.25, 0.3) is 0 Å². The monoisotopic (exact) mass is 380 g/mol. The fourth-order valence-corrected chi connectivity index (χ4v) is 3.82. The Labute approximate surface area is 168 Å². The summed E-state index contributed by atoms with van der Waals surface area (Å²) < 4.78 is 0. The van der Waals surface area contributed by atoms with Crippen molar-refractivity contribution in [2.75, 3.05) is 41.3 Å². The van der Waals surface area contributed by atoms with Crippen LogP contribution in [0, 0.1) is 6.92 Å². The Kier molecular flexibility index (Phi) is 6.90. The first-order chi connectivity index (χ1) is 13.6. The number of carbonyl (C=O) groups is 1. The maximum absolute atomic E-state index is 12.8. The number of anilines is 3. The van der Waals surface area contributed by atoms with Gasteiger partial charge in [-0.15, -0.1) is 0 Å². The van der Waals surface area contributed by atoms with Crippen LogP contribution in [0.2, 0.25) is 0 Å². The summed E-state index contributed by atoms with van der Waals surface area (Å²) in [5.41, 5.74) is 4.75. The molecule has 0 unspecified atom stereocenters. The molecule has 1 aliphatic heterocycles. The summed E-state index contributed by atoms with van der Waals surface area (Å²) in [4.78, 5) is 21.8. The Morgan fingerprint density at radius 3 is 2.43 bits per heavy atom. The predicted octanol–water partition coefficient (Wildman–Crippen LogP) is 4.87. The zero-order chi connectivity index (χ0) is 19.9. The van der Waals surface area contributed by atoms with Crippen molar-refractivity contribution >= 4 is 23.0 Å². The SMILES string of the molecule is CCN(CC)c1ccc(NC(=O)c2cncc(N3CCCCCC3)c2)c(C)c1. The summed E-state index contributed by atoms with van der Waals surface area (Å²) in [5.74, 6) is -0.108. The molecule has 3 rings (SSSR count). The van der Waals surface area contributed by atoms with Gasteiger partial charge in [-0.25, -0.2) is 0 Å². The number of aryl methyl sites for hydroxylation is 1. The standard InChI is InChI=1S/C23H32N4O/c1-4-26(5-2)20-10-11-22(18(3)14-20)25-23(28)19-15-21(17-24-16-19)27-12-8-6-7-9-13-27/h10-11,14-17H,4-9,12-13H2,1-3H3,(H,25,28). The van der Waals surface area contributed by atoms with E-state index < -0.39 is 0 Å². The predicted molar refractivity (Wildman–Crippen MR) is 118 cm³/mol. The number of benzene rings is 1. The van der Waals surface area contributed by atoms with Crippen molar-refractivity contribution in [2.24, 2.45) is 0 Å². The zero-order valence-electron chi connectivity index (χ0n) is 17.4. The zero-order valence-corrected chi connectivity index (χ0v) is 17.4. The molecule has 2 heterocycles. The van der Waals surface area contributed by atoms with Crippen molar-refractivity contribution in [2.45, 2.75) is 46.5 Å². The van der Waals surface area contributed by atoms with Gasteiger partial charge in [0.2, 0.25) is 0 Å². The van der Waals surface area contributed by atoms with Crippen LogP contribution in [0.15, 0.2) is 36.7 Å². The largest absolute Gasteiger partial charge is 0.372 e. The minimum atomic E-state index is -0.108. The van der Waals surface area contributed by atoms with Crippen molar-refractivity contribution in [3.05, 3.63) is 47.8 Å². The van der Waals surface area contributed by atoms with Gasteiger partial charge in [-0.05, 0) is 63.4 Å². The summed E-state index contributed by atoms with van der Waals surface area (Å²) in [6.45, 7) is 10.4. The fourth-order valence-electron chi connectivity index (χ4n) is 3.82. The first-order valence-corrected chi connectivity index (χ1v) is 10.5. The lowest BCUT2D eigenvalue weighted by atomic mass is 10.1. The molecule has 0 radical (unpaired) electrons. The van der Waals surface area contributed by atoms with E-state index in [2.05, 4.69) is 46.1 Å². The van der Waals surface area contributed by atoms with Crippen LogP contribution in [0.4, 0.5) is 17.1 Å². The van der Waals surface area contributed by atoms with Crippen LogP contribution < -0.4 is 15.1 Å². The normalized spacial score (nSPS) is 14.5. The Balaban J connectivity index is 1.73. The highest BCUT2D eigenvalue weighted by atomic mass is 16.1. The van der Waals surface area contributed by atoms with E-state index in [0.29, 0.717) is 5.56 Å². The molecule has 1 aliphatic rings. The second kappa shape index (κ2) is 9.58. The van der Waals surface area contributed by atoms with Crippen LogP contribution in [0.3, 0.4) is 0 Å². The Hall–Kier alpha value is -2.56. The van der Waals surface area contributed by atoms with Crippen molar-refractivity contribution in [3.63, 3.8) is 0 Å². The molecular formula is C23H32N4O. The van der Waals surface area contributed by atoms with E-state index in [1.165, 1.54) is 31.4 Å². The molecule has 0 saturated carbocycles. The average molecular weight is 381 g/mol. The number of rotatable bonds is 6. The molecule has 0 atom stereocenters. The van der Waals surface area contributed by atoms with Gasteiger partial charge in [-0.2, -0.15) is 0 Å². The lowest BCUT2D eigenvalue weighted by Gasteiger charge is -2.23. The van der Waals surface area contributed by atoms with Crippen LogP contribution in [-0.2, 0) is 0 Å². The number of hydrogen-bond donors (Lipinski definition) is 1. The maximum atomic E-state index is 12.8. The first-order valence-electron chi connectivity index (χ1n) is 10.5.